The van der Waals surface area contributed by atoms with Gasteiger partial charge in [-0.1, -0.05) is 48.9 Å². The topological polar surface area (TPSA) is 29.5 Å². The van der Waals surface area contributed by atoms with Crippen molar-refractivity contribution in [1.82, 2.24) is 4.90 Å². The fraction of sp³-hybridized carbons (Fsp3) is 0.350. The van der Waals surface area contributed by atoms with Crippen molar-refractivity contribution < 1.29 is 9.53 Å². The van der Waals surface area contributed by atoms with Crippen molar-refractivity contribution >= 4 is 5.91 Å². The zero-order valence-corrected chi connectivity index (χ0v) is 14.4. The van der Waals surface area contributed by atoms with Crippen LogP contribution in [0.3, 0.4) is 0 Å². The summed E-state index contributed by atoms with van der Waals surface area (Å²) in [6.45, 7) is 6.25. The lowest BCUT2D eigenvalue weighted by Gasteiger charge is -2.25. The number of amides is 1. The molecular weight excluding hydrogens is 286 g/mol. The molecule has 2 aromatic carbocycles. The zero-order chi connectivity index (χ0) is 16.8. The SMILES string of the molecule is CCc1ccc(OCC(=O)N(C)C(C)c2ccc(C)cc2)cc1. The van der Waals surface area contributed by atoms with Crippen LogP contribution in [0, 0.1) is 6.92 Å². The Morgan fingerprint density at radius 1 is 1.09 bits per heavy atom. The third-order valence-corrected chi connectivity index (χ3v) is 4.23. The van der Waals surface area contributed by atoms with Crippen molar-refractivity contribution in [2.24, 2.45) is 0 Å². The zero-order valence-electron chi connectivity index (χ0n) is 14.4. The van der Waals surface area contributed by atoms with E-state index in [0.717, 1.165) is 17.7 Å². The van der Waals surface area contributed by atoms with Crippen LogP contribution in [0.5, 0.6) is 5.75 Å². The van der Waals surface area contributed by atoms with Gasteiger partial charge in [0, 0.05) is 7.05 Å². The van der Waals surface area contributed by atoms with Crippen molar-refractivity contribution in [3.63, 3.8) is 0 Å². The van der Waals surface area contributed by atoms with Gasteiger partial charge in [0.25, 0.3) is 5.91 Å². The predicted molar refractivity (Wildman–Crippen MR) is 93.7 cm³/mol. The first-order valence-corrected chi connectivity index (χ1v) is 8.05. The van der Waals surface area contributed by atoms with Crippen LogP contribution in [0.25, 0.3) is 0 Å². The molecule has 0 fully saturated rings. The van der Waals surface area contributed by atoms with E-state index >= 15 is 0 Å². The molecule has 0 N–H and O–H groups in total. The Balaban J connectivity index is 1.92. The number of hydrogen-bond donors (Lipinski definition) is 0. The molecule has 0 saturated heterocycles. The van der Waals surface area contributed by atoms with Crippen LogP contribution in [0.2, 0.25) is 0 Å². The first-order chi connectivity index (χ1) is 11.0. The number of hydrogen-bond acceptors (Lipinski definition) is 2. The number of carbonyl (C=O) groups is 1. The Kier molecular flexibility index (Phi) is 5.80. The fourth-order valence-corrected chi connectivity index (χ4v) is 2.35. The molecule has 23 heavy (non-hydrogen) atoms. The molecule has 0 aliphatic carbocycles. The molecule has 0 aliphatic heterocycles. The monoisotopic (exact) mass is 311 g/mol. The van der Waals surface area contributed by atoms with Crippen molar-refractivity contribution in [3.8, 4) is 5.75 Å². The van der Waals surface area contributed by atoms with Crippen molar-refractivity contribution in [2.75, 3.05) is 13.7 Å². The Morgan fingerprint density at radius 3 is 2.26 bits per heavy atom. The Bertz CT molecular complexity index is 632. The summed E-state index contributed by atoms with van der Waals surface area (Å²) in [7, 11) is 1.82. The third kappa shape index (κ3) is 4.59. The molecule has 0 aromatic heterocycles. The molecule has 3 nitrogen and oxygen atoms in total. The standard InChI is InChI=1S/C20H25NO2/c1-5-17-8-12-19(13-9-17)23-14-20(22)21(4)16(3)18-10-6-15(2)7-11-18/h6-13,16H,5,14H2,1-4H3. The van der Waals surface area contributed by atoms with Crippen molar-refractivity contribution in [2.45, 2.75) is 33.2 Å². The molecule has 1 amide bonds. The van der Waals surface area contributed by atoms with E-state index in [4.69, 9.17) is 4.74 Å². The summed E-state index contributed by atoms with van der Waals surface area (Å²) >= 11 is 0. The number of carbonyl (C=O) groups excluding carboxylic acids is 1. The molecule has 3 heteroatoms. The van der Waals surface area contributed by atoms with Crippen LogP contribution < -0.4 is 4.74 Å². The number of benzene rings is 2. The largest absolute Gasteiger partial charge is 0.484 e. The summed E-state index contributed by atoms with van der Waals surface area (Å²) in [5.41, 5.74) is 3.60. The van der Waals surface area contributed by atoms with Crippen molar-refractivity contribution in [1.29, 1.82) is 0 Å². The molecule has 0 saturated carbocycles. The lowest BCUT2D eigenvalue weighted by molar-refractivity contribution is -0.134. The first-order valence-electron chi connectivity index (χ1n) is 8.05. The number of nitrogens with zero attached hydrogens (tertiary/aromatic N) is 1. The Hall–Kier alpha value is -2.29. The maximum atomic E-state index is 12.3. The molecule has 122 valence electrons. The summed E-state index contributed by atoms with van der Waals surface area (Å²) in [6, 6.07) is 16.2. The summed E-state index contributed by atoms with van der Waals surface area (Å²) in [5.74, 6) is 0.699. The fourth-order valence-electron chi connectivity index (χ4n) is 2.35. The van der Waals surface area contributed by atoms with Gasteiger partial charge in [-0.2, -0.15) is 0 Å². The quantitative estimate of drug-likeness (QED) is 0.802. The highest BCUT2D eigenvalue weighted by molar-refractivity contribution is 5.78. The summed E-state index contributed by atoms with van der Waals surface area (Å²) in [6.07, 6.45) is 0.996. The van der Waals surface area contributed by atoms with Gasteiger partial charge in [0.2, 0.25) is 0 Å². The molecule has 0 spiro atoms. The predicted octanol–water partition coefficient (Wildman–Crippen LogP) is 4.16. The van der Waals surface area contributed by atoms with Crippen LogP contribution in [0.4, 0.5) is 0 Å². The Morgan fingerprint density at radius 2 is 1.70 bits per heavy atom. The number of rotatable bonds is 6. The molecule has 0 bridgehead atoms. The maximum absolute atomic E-state index is 12.3. The van der Waals surface area contributed by atoms with Crippen LogP contribution in [0.1, 0.15) is 36.6 Å². The van der Waals surface area contributed by atoms with Gasteiger partial charge in [0.05, 0.1) is 6.04 Å². The molecule has 0 radical (unpaired) electrons. The minimum atomic E-state index is -0.0300. The van der Waals surface area contributed by atoms with Gasteiger partial charge in [-0.15, -0.1) is 0 Å². The molecule has 0 aliphatic rings. The lowest BCUT2D eigenvalue weighted by Crippen LogP contribution is -2.33. The highest BCUT2D eigenvalue weighted by Crippen LogP contribution is 2.19. The summed E-state index contributed by atoms with van der Waals surface area (Å²) in [5, 5.41) is 0. The van der Waals surface area contributed by atoms with Crippen molar-refractivity contribution in [3.05, 3.63) is 65.2 Å². The van der Waals surface area contributed by atoms with Crippen LogP contribution >= 0.6 is 0 Å². The van der Waals surface area contributed by atoms with Crippen LogP contribution in [0.15, 0.2) is 48.5 Å². The Labute approximate surface area is 138 Å². The summed E-state index contributed by atoms with van der Waals surface area (Å²) < 4.78 is 5.60. The van der Waals surface area contributed by atoms with E-state index in [9.17, 15) is 4.79 Å². The van der Waals surface area contributed by atoms with Gasteiger partial charge in [0.1, 0.15) is 5.75 Å². The van der Waals surface area contributed by atoms with Crippen LogP contribution in [-0.2, 0) is 11.2 Å². The van der Waals surface area contributed by atoms with Gasteiger partial charge in [-0.05, 0) is 43.5 Å². The number of likely N-dealkylation sites (N-methyl/N-ethyl adjacent to an activating group) is 1. The second-order valence-electron chi connectivity index (χ2n) is 5.88. The second kappa shape index (κ2) is 7.82. The van der Waals surface area contributed by atoms with E-state index in [-0.39, 0.29) is 18.6 Å². The van der Waals surface area contributed by atoms with Gasteiger partial charge >= 0.3 is 0 Å². The first kappa shape index (κ1) is 17.1. The molecule has 2 rings (SSSR count). The average Bonchev–Trinajstić information content (AvgIpc) is 2.59. The molecule has 0 heterocycles. The van der Waals surface area contributed by atoms with E-state index in [2.05, 4.69) is 38.1 Å². The van der Waals surface area contributed by atoms with Gasteiger partial charge in [-0.3, -0.25) is 4.79 Å². The van der Waals surface area contributed by atoms with E-state index in [1.54, 1.807) is 4.90 Å². The highest BCUT2D eigenvalue weighted by atomic mass is 16.5. The third-order valence-electron chi connectivity index (χ3n) is 4.23. The van der Waals surface area contributed by atoms with Gasteiger partial charge in [0.15, 0.2) is 6.61 Å². The molecule has 2 aromatic rings. The molecule has 1 unspecified atom stereocenters. The van der Waals surface area contributed by atoms with Crippen LogP contribution in [-0.4, -0.2) is 24.5 Å². The van der Waals surface area contributed by atoms with E-state index in [0.29, 0.717) is 0 Å². The second-order valence-corrected chi connectivity index (χ2v) is 5.88. The minimum Gasteiger partial charge on any atom is -0.484 e. The minimum absolute atomic E-state index is 0.0224. The maximum Gasteiger partial charge on any atom is 0.260 e. The highest BCUT2D eigenvalue weighted by Gasteiger charge is 2.17. The lowest BCUT2D eigenvalue weighted by atomic mass is 10.1. The normalized spacial score (nSPS) is 11.8. The smallest absolute Gasteiger partial charge is 0.260 e. The number of aryl methyl sites for hydroxylation is 2. The van der Waals surface area contributed by atoms with E-state index in [1.807, 2.05) is 38.2 Å². The van der Waals surface area contributed by atoms with Gasteiger partial charge in [-0.25, -0.2) is 0 Å². The van der Waals surface area contributed by atoms with E-state index in [1.165, 1.54) is 11.1 Å². The van der Waals surface area contributed by atoms with Gasteiger partial charge < -0.3 is 9.64 Å². The average molecular weight is 311 g/mol. The molecule has 1 atom stereocenters. The summed E-state index contributed by atoms with van der Waals surface area (Å²) in [4.78, 5) is 14.0. The number of ether oxygens (including phenoxy) is 1. The molecular formula is C20H25NO2. The van der Waals surface area contributed by atoms with E-state index < -0.39 is 0 Å².